The summed E-state index contributed by atoms with van der Waals surface area (Å²) in [5.41, 5.74) is 0. The van der Waals surface area contributed by atoms with Crippen molar-refractivity contribution in [1.29, 1.82) is 0 Å². The lowest BCUT2D eigenvalue weighted by Crippen LogP contribution is -2.30. The van der Waals surface area contributed by atoms with E-state index in [1.807, 2.05) is 19.1 Å². The van der Waals surface area contributed by atoms with Crippen molar-refractivity contribution in [3.63, 3.8) is 0 Å². The van der Waals surface area contributed by atoms with Gasteiger partial charge in [0.25, 0.3) is 5.91 Å². The summed E-state index contributed by atoms with van der Waals surface area (Å²) in [5.74, 6) is 0.101. The molecule has 2 heterocycles. The van der Waals surface area contributed by atoms with Crippen LogP contribution in [0.4, 0.5) is 0 Å². The number of hydrogen-bond donors (Lipinski definition) is 1. The van der Waals surface area contributed by atoms with Crippen LogP contribution in [-0.4, -0.2) is 32.5 Å². The van der Waals surface area contributed by atoms with E-state index in [0.29, 0.717) is 13.1 Å². The minimum atomic E-state index is -0.158. The van der Waals surface area contributed by atoms with E-state index >= 15 is 0 Å². The molecule has 0 bridgehead atoms. The van der Waals surface area contributed by atoms with Crippen LogP contribution in [0.1, 0.15) is 22.4 Å². The highest BCUT2D eigenvalue weighted by Gasteiger charge is 2.17. The van der Waals surface area contributed by atoms with Gasteiger partial charge in [-0.3, -0.25) is 9.89 Å². The molecule has 0 fully saturated rings. The fourth-order valence-corrected chi connectivity index (χ4v) is 2.51. The average molecular weight is 271 g/mol. The van der Waals surface area contributed by atoms with E-state index in [1.165, 1.54) is 17.7 Å². The Morgan fingerprint density at radius 2 is 2.41 bits per heavy atom. The van der Waals surface area contributed by atoms with Crippen molar-refractivity contribution >= 4 is 28.8 Å². The minimum Gasteiger partial charge on any atom is -0.331 e. The van der Waals surface area contributed by atoms with Gasteiger partial charge in [0.2, 0.25) is 5.82 Å². The number of carbonyl (C=O) groups excluding carboxylic acids is 1. The van der Waals surface area contributed by atoms with Crippen molar-refractivity contribution < 1.29 is 4.79 Å². The monoisotopic (exact) mass is 270 g/mol. The van der Waals surface area contributed by atoms with Crippen molar-refractivity contribution in [2.45, 2.75) is 13.5 Å². The maximum Gasteiger partial charge on any atom is 0.291 e. The molecule has 7 heteroatoms. The molecule has 0 spiro atoms. The number of H-pyrrole nitrogens is 1. The van der Waals surface area contributed by atoms with Gasteiger partial charge in [-0.05, 0) is 19.1 Å². The fourth-order valence-electron chi connectivity index (χ4n) is 1.41. The molecule has 1 N–H and O–H groups in total. The van der Waals surface area contributed by atoms with Gasteiger partial charge in [-0.15, -0.1) is 11.3 Å². The van der Waals surface area contributed by atoms with Crippen LogP contribution in [0, 0.1) is 0 Å². The summed E-state index contributed by atoms with van der Waals surface area (Å²) in [6, 6.07) is 3.75. The molecule has 0 saturated carbocycles. The van der Waals surface area contributed by atoms with Crippen LogP contribution in [0.15, 0.2) is 18.5 Å². The topological polar surface area (TPSA) is 61.9 Å². The Bertz CT molecular complexity index is 496. The number of carbonyl (C=O) groups is 1. The molecule has 0 radical (unpaired) electrons. The van der Waals surface area contributed by atoms with Gasteiger partial charge in [0.05, 0.1) is 10.9 Å². The lowest BCUT2D eigenvalue weighted by atomic mass is 10.4. The first-order valence-electron chi connectivity index (χ1n) is 5.09. The standard InChI is InChI=1S/C10H11ClN4OS/c1-2-15(5-7-3-4-8(11)17-7)10(16)9-12-6-13-14-9/h3-4,6H,2,5H2,1H3,(H,12,13,14). The maximum absolute atomic E-state index is 12.0. The molecule has 0 aromatic carbocycles. The van der Waals surface area contributed by atoms with Gasteiger partial charge in [0.15, 0.2) is 0 Å². The fraction of sp³-hybridized carbons (Fsp3) is 0.300. The number of nitrogens with one attached hydrogen (secondary N) is 1. The van der Waals surface area contributed by atoms with Crippen LogP contribution in [-0.2, 0) is 6.54 Å². The van der Waals surface area contributed by atoms with Crippen LogP contribution < -0.4 is 0 Å². The van der Waals surface area contributed by atoms with E-state index in [2.05, 4.69) is 15.2 Å². The molecule has 0 aliphatic rings. The lowest BCUT2D eigenvalue weighted by molar-refractivity contribution is 0.0742. The molecule has 0 aliphatic heterocycles. The van der Waals surface area contributed by atoms with Crippen LogP contribution in [0.25, 0.3) is 0 Å². The zero-order chi connectivity index (χ0) is 12.3. The molecule has 0 aliphatic carbocycles. The Kier molecular flexibility index (Phi) is 3.75. The van der Waals surface area contributed by atoms with Gasteiger partial charge >= 0.3 is 0 Å². The van der Waals surface area contributed by atoms with Gasteiger partial charge in [-0.25, -0.2) is 4.98 Å². The van der Waals surface area contributed by atoms with Crippen molar-refractivity contribution in [2.75, 3.05) is 6.54 Å². The molecule has 2 aromatic heterocycles. The van der Waals surface area contributed by atoms with Crippen LogP contribution in [0.5, 0.6) is 0 Å². The third kappa shape index (κ3) is 2.83. The molecular formula is C10H11ClN4OS. The average Bonchev–Trinajstić information content (AvgIpc) is 2.96. The minimum absolute atomic E-state index is 0.158. The number of amides is 1. The second-order valence-corrected chi connectivity index (χ2v) is 5.16. The SMILES string of the molecule is CCN(Cc1ccc(Cl)s1)C(=O)c1ncn[nH]1. The Morgan fingerprint density at radius 1 is 1.59 bits per heavy atom. The van der Waals surface area contributed by atoms with Crippen LogP contribution in [0.3, 0.4) is 0 Å². The molecule has 0 atom stereocenters. The third-order valence-electron chi connectivity index (χ3n) is 2.26. The van der Waals surface area contributed by atoms with E-state index in [1.54, 1.807) is 4.90 Å². The largest absolute Gasteiger partial charge is 0.331 e. The number of halogens is 1. The molecule has 1 amide bonds. The predicted octanol–water partition coefficient (Wildman–Crippen LogP) is 2.18. The molecule has 2 aromatic rings. The van der Waals surface area contributed by atoms with Gasteiger partial charge in [-0.1, -0.05) is 11.6 Å². The Labute approximate surface area is 107 Å². The second kappa shape index (κ2) is 5.29. The third-order valence-corrected chi connectivity index (χ3v) is 3.48. The van der Waals surface area contributed by atoms with E-state index in [0.717, 1.165) is 9.21 Å². The molecule has 0 unspecified atom stereocenters. The summed E-state index contributed by atoms with van der Waals surface area (Å²) < 4.78 is 0.725. The van der Waals surface area contributed by atoms with E-state index in [-0.39, 0.29) is 11.7 Å². The quantitative estimate of drug-likeness (QED) is 0.926. The van der Waals surface area contributed by atoms with Crippen LogP contribution >= 0.6 is 22.9 Å². The smallest absolute Gasteiger partial charge is 0.291 e. The van der Waals surface area contributed by atoms with Gasteiger partial charge in [0, 0.05) is 11.4 Å². The predicted molar refractivity (Wildman–Crippen MR) is 66.1 cm³/mol. The summed E-state index contributed by atoms with van der Waals surface area (Å²) in [4.78, 5) is 18.6. The summed E-state index contributed by atoms with van der Waals surface area (Å²) >= 11 is 7.32. The molecule has 17 heavy (non-hydrogen) atoms. The van der Waals surface area contributed by atoms with E-state index < -0.39 is 0 Å². The number of hydrogen-bond acceptors (Lipinski definition) is 4. The van der Waals surface area contributed by atoms with Gasteiger partial charge in [-0.2, -0.15) is 5.10 Å². The lowest BCUT2D eigenvalue weighted by Gasteiger charge is -2.18. The normalized spacial score (nSPS) is 10.5. The molecular weight excluding hydrogens is 260 g/mol. The highest BCUT2D eigenvalue weighted by molar-refractivity contribution is 7.16. The van der Waals surface area contributed by atoms with E-state index in [9.17, 15) is 4.79 Å². The first-order chi connectivity index (χ1) is 8.20. The zero-order valence-corrected chi connectivity index (χ0v) is 10.8. The first kappa shape index (κ1) is 12.1. The molecule has 2 rings (SSSR count). The molecule has 5 nitrogen and oxygen atoms in total. The highest BCUT2D eigenvalue weighted by Crippen LogP contribution is 2.22. The molecule has 90 valence electrons. The van der Waals surface area contributed by atoms with Crippen molar-refractivity contribution in [3.8, 4) is 0 Å². The second-order valence-electron chi connectivity index (χ2n) is 3.36. The Balaban J connectivity index is 2.09. The van der Waals surface area contributed by atoms with Gasteiger partial charge < -0.3 is 4.90 Å². The molecule has 0 saturated heterocycles. The van der Waals surface area contributed by atoms with Crippen molar-refractivity contribution in [1.82, 2.24) is 20.1 Å². The first-order valence-corrected chi connectivity index (χ1v) is 6.29. The Hall–Kier alpha value is -1.40. The number of nitrogens with zero attached hydrogens (tertiary/aromatic N) is 3. The summed E-state index contributed by atoms with van der Waals surface area (Å²) in [7, 11) is 0. The van der Waals surface area contributed by atoms with Crippen molar-refractivity contribution in [2.24, 2.45) is 0 Å². The highest BCUT2D eigenvalue weighted by atomic mass is 35.5. The summed E-state index contributed by atoms with van der Waals surface area (Å²) in [6.45, 7) is 3.06. The number of aromatic amines is 1. The summed E-state index contributed by atoms with van der Waals surface area (Å²) in [6.07, 6.45) is 1.32. The zero-order valence-electron chi connectivity index (χ0n) is 9.18. The van der Waals surface area contributed by atoms with Crippen LogP contribution in [0.2, 0.25) is 4.34 Å². The van der Waals surface area contributed by atoms with Gasteiger partial charge in [0.1, 0.15) is 6.33 Å². The van der Waals surface area contributed by atoms with Crippen molar-refractivity contribution in [3.05, 3.63) is 33.5 Å². The Morgan fingerprint density at radius 3 is 2.94 bits per heavy atom. The number of thiophene rings is 1. The number of rotatable bonds is 4. The number of aromatic nitrogens is 3. The summed E-state index contributed by atoms with van der Waals surface area (Å²) in [5, 5.41) is 6.24. The van der Waals surface area contributed by atoms with E-state index in [4.69, 9.17) is 11.6 Å². The maximum atomic E-state index is 12.0.